The summed E-state index contributed by atoms with van der Waals surface area (Å²) in [6.07, 6.45) is 13.3. The van der Waals surface area contributed by atoms with E-state index in [9.17, 15) is 0 Å². The Morgan fingerprint density at radius 3 is 2.04 bits per heavy atom. The Hall–Kier alpha value is -0.790. The Morgan fingerprint density at radius 2 is 1.50 bits per heavy atom. The summed E-state index contributed by atoms with van der Waals surface area (Å²) in [5.74, 6) is 3.44. The maximum Gasteiger partial charge on any atom is 0.0713 e. The topological polar surface area (TPSA) is 9.23 Å². The van der Waals surface area contributed by atoms with Crippen LogP contribution in [0.25, 0.3) is 0 Å². The van der Waals surface area contributed by atoms with Crippen LogP contribution in [0.15, 0.2) is 35.9 Å². The lowest BCUT2D eigenvalue weighted by Gasteiger charge is -2.37. The zero-order chi connectivity index (χ0) is 16.8. The first-order valence-electron chi connectivity index (χ1n) is 9.64. The van der Waals surface area contributed by atoms with Crippen molar-refractivity contribution in [2.45, 2.75) is 63.9 Å². The first-order valence-corrected chi connectivity index (χ1v) is 10.1. The van der Waals surface area contributed by atoms with Crippen molar-refractivity contribution in [2.75, 3.05) is 7.11 Å². The normalized spacial score (nSPS) is 31.4. The fourth-order valence-electron chi connectivity index (χ4n) is 4.89. The van der Waals surface area contributed by atoms with Gasteiger partial charge in [-0.15, -0.1) is 0 Å². The number of halogens is 1. The Morgan fingerprint density at radius 1 is 0.917 bits per heavy atom. The van der Waals surface area contributed by atoms with Gasteiger partial charge < -0.3 is 4.74 Å². The molecule has 0 heterocycles. The zero-order valence-corrected chi connectivity index (χ0v) is 15.7. The molecule has 2 fully saturated rings. The van der Waals surface area contributed by atoms with Crippen LogP contribution in [0.5, 0.6) is 0 Å². The van der Waals surface area contributed by atoms with Gasteiger partial charge >= 0.3 is 0 Å². The molecule has 0 bridgehead atoms. The first kappa shape index (κ1) is 18.0. The molecule has 0 spiro atoms. The Labute approximate surface area is 152 Å². The van der Waals surface area contributed by atoms with Crippen LogP contribution >= 0.6 is 11.6 Å². The minimum atomic E-state index is 0.717. The number of ether oxygens (including phenoxy) is 1. The largest absolute Gasteiger partial charge is 0.380 e. The van der Waals surface area contributed by atoms with Crippen LogP contribution in [0.3, 0.4) is 0 Å². The Balaban J connectivity index is 1.47. The summed E-state index contributed by atoms with van der Waals surface area (Å²) < 4.78 is 5.21. The molecule has 132 valence electrons. The summed E-state index contributed by atoms with van der Waals surface area (Å²) in [5.41, 5.74) is 4.52. The van der Waals surface area contributed by atoms with Gasteiger partial charge in [-0.25, -0.2) is 0 Å². The van der Waals surface area contributed by atoms with Crippen LogP contribution in [-0.4, -0.2) is 7.11 Å². The molecule has 0 saturated heterocycles. The highest BCUT2D eigenvalue weighted by Crippen LogP contribution is 2.44. The molecule has 0 aliphatic heterocycles. The Kier molecular flexibility index (Phi) is 6.80. The lowest BCUT2D eigenvalue weighted by molar-refractivity contribution is 0.171. The van der Waals surface area contributed by atoms with Gasteiger partial charge in [0, 0.05) is 12.6 Å². The maximum absolute atomic E-state index is 5.73. The van der Waals surface area contributed by atoms with E-state index in [4.69, 9.17) is 16.3 Å². The monoisotopic (exact) mass is 346 g/mol. The van der Waals surface area contributed by atoms with Gasteiger partial charge in [0.15, 0.2) is 0 Å². The SMILES string of the molecule is COCc1ccc(C2CCC(C3CCC(C=CCl)CC3)CC2)cc1. The second-order valence-electron chi connectivity index (χ2n) is 7.78. The third-order valence-corrected chi connectivity index (χ3v) is 6.51. The van der Waals surface area contributed by atoms with Crippen LogP contribution in [0.1, 0.15) is 68.4 Å². The second kappa shape index (κ2) is 9.06. The average Bonchev–Trinajstić information content (AvgIpc) is 2.64. The van der Waals surface area contributed by atoms with Gasteiger partial charge in [0.25, 0.3) is 0 Å². The molecule has 0 unspecified atom stereocenters. The number of benzene rings is 1. The summed E-state index contributed by atoms with van der Waals surface area (Å²) in [5, 5.41) is 0. The van der Waals surface area contributed by atoms with Crippen LogP contribution in [0.4, 0.5) is 0 Å². The van der Waals surface area contributed by atoms with E-state index in [-0.39, 0.29) is 0 Å². The van der Waals surface area contributed by atoms with Crippen LogP contribution in [-0.2, 0) is 11.3 Å². The van der Waals surface area contributed by atoms with Crippen LogP contribution in [0.2, 0.25) is 0 Å². The van der Waals surface area contributed by atoms with Crippen LogP contribution < -0.4 is 0 Å². The third-order valence-electron chi connectivity index (χ3n) is 6.36. The van der Waals surface area contributed by atoms with E-state index < -0.39 is 0 Å². The van der Waals surface area contributed by atoms with Gasteiger partial charge in [-0.3, -0.25) is 0 Å². The quantitative estimate of drug-likeness (QED) is 0.578. The first-order chi connectivity index (χ1) is 11.8. The lowest BCUT2D eigenvalue weighted by atomic mass is 9.68. The van der Waals surface area contributed by atoms with E-state index in [2.05, 4.69) is 30.3 Å². The summed E-state index contributed by atoms with van der Waals surface area (Å²) in [6.45, 7) is 0.717. The van der Waals surface area contributed by atoms with Crippen molar-refractivity contribution in [1.29, 1.82) is 0 Å². The number of rotatable bonds is 5. The summed E-state index contributed by atoms with van der Waals surface area (Å²) in [4.78, 5) is 0. The molecule has 0 aromatic heterocycles. The smallest absolute Gasteiger partial charge is 0.0713 e. The van der Waals surface area contributed by atoms with Gasteiger partial charge in [0.05, 0.1) is 6.61 Å². The number of hydrogen-bond acceptors (Lipinski definition) is 1. The molecule has 0 atom stereocenters. The van der Waals surface area contributed by atoms with Crippen molar-refractivity contribution in [3.05, 3.63) is 47.0 Å². The highest BCUT2D eigenvalue weighted by atomic mass is 35.5. The molecular weight excluding hydrogens is 316 g/mol. The highest BCUT2D eigenvalue weighted by Gasteiger charge is 2.30. The molecular formula is C22H31ClO. The number of allylic oxidation sites excluding steroid dienone is 1. The fraction of sp³-hybridized carbons (Fsp3) is 0.636. The predicted molar refractivity (Wildman–Crippen MR) is 102 cm³/mol. The molecule has 2 aliphatic rings. The summed E-state index contributed by atoms with van der Waals surface area (Å²) >= 11 is 5.73. The van der Waals surface area contributed by atoms with Crippen molar-refractivity contribution in [3.63, 3.8) is 0 Å². The van der Waals surface area contributed by atoms with E-state index >= 15 is 0 Å². The van der Waals surface area contributed by atoms with Gasteiger partial charge in [0.1, 0.15) is 0 Å². The molecule has 1 aromatic carbocycles. The van der Waals surface area contributed by atoms with Crippen molar-refractivity contribution < 1.29 is 4.74 Å². The van der Waals surface area contributed by atoms with Crippen molar-refractivity contribution in [3.8, 4) is 0 Å². The standard InChI is InChI=1S/C22H31ClO/c1-24-16-18-4-8-20(9-5-18)22-12-10-21(11-13-22)19-6-2-17(3-7-19)14-15-23/h4-5,8-9,14-15,17,19,21-22H,2-3,6-7,10-13,16H2,1H3. The number of methoxy groups -OCH3 is 1. The van der Waals surface area contributed by atoms with Crippen LogP contribution in [0, 0.1) is 17.8 Å². The molecule has 2 aliphatic carbocycles. The van der Waals surface area contributed by atoms with Crippen molar-refractivity contribution >= 4 is 11.6 Å². The van der Waals surface area contributed by atoms with E-state index in [0.29, 0.717) is 6.61 Å². The van der Waals surface area contributed by atoms with E-state index in [0.717, 1.165) is 23.7 Å². The highest BCUT2D eigenvalue weighted by molar-refractivity contribution is 6.25. The van der Waals surface area contributed by atoms with Gasteiger partial charge in [-0.05, 0) is 86.2 Å². The molecule has 3 rings (SSSR count). The molecule has 0 N–H and O–H groups in total. The van der Waals surface area contributed by atoms with E-state index in [1.54, 1.807) is 12.6 Å². The molecule has 24 heavy (non-hydrogen) atoms. The molecule has 2 saturated carbocycles. The average molecular weight is 347 g/mol. The predicted octanol–water partition coefficient (Wildman–Crippen LogP) is 6.67. The molecule has 0 amide bonds. The molecule has 1 aromatic rings. The summed E-state index contributed by atoms with van der Waals surface area (Å²) in [6, 6.07) is 9.11. The fourth-order valence-corrected chi connectivity index (χ4v) is 5.09. The van der Waals surface area contributed by atoms with Gasteiger partial charge in [0.2, 0.25) is 0 Å². The molecule has 2 heteroatoms. The van der Waals surface area contributed by atoms with Gasteiger partial charge in [-0.1, -0.05) is 41.9 Å². The maximum atomic E-state index is 5.73. The zero-order valence-electron chi connectivity index (χ0n) is 14.9. The Bertz CT molecular complexity index is 505. The minimum Gasteiger partial charge on any atom is -0.380 e. The minimum absolute atomic E-state index is 0.717. The third kappa shape index (κ3) is 4.64. The lowest BCUT2D eigenvalue weighted by Crippen LogP contribution is -2.25. The number of hydrogen-bond donors (Lipinski definition) is 0. The molecule has 0 radical (unpaired) electrons. The van der Waals surface area contributed by atoms with Gasteiger partial charge in [-0.2, -0.15) is 0 Å². The van der Waals surface area contributed by atoms with E-state index in [1.165, 1.54) is 62.5 Å². The van der Waals surface area contributed by atoms with Crippen molar-refractivity contribution in [1.82, 2.24) is 0 Å². The molecule has 1 nitrogen and oxygen atoms in total. The van der Waals surface area contributed by atoms with Crippen molar-refractivity contribution in [2.24, 2.45) is 17.8 Å². The van der Waals surface area contributed by atoms with E-state index in [1.807, 2.05) is 0 Å². The summed E-state index contributed by atoms with van der Waals surface area (Å²) in [7, 11) is 1.76. The second-order valence-corrected chi connectivity index (χ2v) is 8.03.